The van der Waals surface area contributed by atoms with Crippen molar-refractivity contribution in [1.29, 1.82) is 0 Å². The van der Waals surface area contributed by atoms with Gasteiger partial charge in [-0.15, -0.1) is 10.2 Å². The molecule has 0 aromatic carbocycles. The van der Waals surface area contributed by atoms with E-state index in [0.717, 1.165) is 37.6 Å². The van der Waals surface area contributed by atoms with E-state index in [1.807, 2.05) is 13.0 Å². The molecule has 2 aliphatic heterocycles. The Kier molecular flexibility index (Phi) is 6.69. The normalized spacial score (nSPS) is 20.2. The Labute approximate surface area is 157 Å². The first-order valence-electron chi connectivity index (χ1n) is 9.91. The van der Waals surface area contributed by atoms with Gasteiger partial charge in [0, 0.05) is 39.3 Å². The summed E-state index contributed by atoms with van der Waals surface area (Å²) in [6, 6.07) is 4.08. The van der Waals surface area contributed by atoms with Crippen LogP contribution in [0.3, 0.4) is 0 Å². The lowest BCUT2D eigenvalue weighted by molar-refractivity contribution is 0.383. The van der Waals surface area contributed by atoms with Crippen molar-refractivity contribution in [3.63, 3.8) is 0 Å². The van der Waals surface area contributed by atoms with Gasteiger partial charge >= 0.3 is 0 Å². The molecule has 0 bridgehead atoms. The molecule has 0 amide bonds. The monoisotopic (exact) mass is 381 g/mol. The standard InChI is InChI=1S/C18H31N5O2S/c1-2-3-16-26(24,25)23-14-12-22(13-15-23)18-9-8-17(19-20-18)21-10-6-4-5-7-11-21/h8-9H,2-7,10-16H2,1H3. The molecule has 0 atom stereocenters. The fraction of sp³-hybridized carbons (Fsp3) is 0.778. The van der Waals surface area contributed by atoms with Crippen LogP contribution in [-0.2, 0) is 10.0 Å². The highest BCUT2D eigenvalue weighted by Crippen LogP contribution is 2.20. The number of hydrogen-bond acceptors (Lipinski definition) is 6. The molecule has 1 aromatic heterocycles. The van der Waals surface area contributed by atoms with E-state index >= 15 is 0 Å². The number of anilines is 2. The van der Waals surface area contributed by atoms with E-state index in [-0.39, 0.29) is 5.75 Å². The van der Waals surface area contributed by atoms with Gasteiger partial charge in [0.25, 0.3) is 0 Å². The Morgan fingerprint density at radius 3 is 1.88 bits per heavy atom. The number of nitrogens with zero attached hydrogens (tertiary/aromatic N) is 5. The Morgan fingerprint density at radius 2 is 1.38 bits per heavy atom. The van der Waals surface area contributed by atoms with Crippen LogP contribution in [0.15, 0.2) is 12.1 Å². The topological polar surface area (TPSA) is 69.6 Å². The Balaban J connectivity index is 1.56. The molecular weight excluding hydrogens is 350 g/mol. The Morgan fingerprint density at radius 1 is 0.846 bits per heavy atom. The maximum absolute atomic E-state index is 12.3. The number of rotatable bonds is 6. The summed E-state index contributed by atoms with van der Waals surface area (Å²) in [5, 5.41) is 8.84. The molecule has 3 heterocycles. The third kappa shape index (κ3) is 4.85. The van der Waals surface area contributed by atoms with E-state index in [1.54, 1.807) is 4.31 Å². The van der Waals surface area contributed by atoms with E-state index in [9.17, 15) is 8.42 Å². The van der Waals surface area contributed by atoms with Crippen LogP contribution in [0.5, 0.6) is 0 Å². The molecule has 1 aromatic rings. The molecule has 2 aliphatic rings. The maximum atomic E-state index is 12.3. The maximum Gasteiger partial charge on any atom is 0.214 e. The number of sulfonamides is 1. The summed E-state index contributed by atoms with van der Waals surface area (Å²) < 4.78 is 26.2. The first kappa shape index (κ1) is 19.4. The first-order chi connectivity index (χ1) is 12.6. The molecule has 2 saturated heterocycles. The zero-order valence-corrected chi connectivity index (χ0v) is 16.6. The van der Waals surface area contributed by atoms with Crippen molar-refractivity contribution in [1.82, 2.24) is 14.5 Å². The Hall–Kier alpha value is -1.41. The summed E-state index contributed by atoms with van der Waals surface area (Å²) in [4.78, 5) is 4.45. The summed E-state index contributed by atoms with van der Waals surface area (Å²) in [6.07, 6.45) is 6.67. The second kappa shape index (κ2) is 8.99. The van der Waals surface area contributed by atoms with Crippen molar-refractivity contribution in [3.05, 3.63) is 12.1 Å². The van der Waals surface area contributed by atoms with Crippen molar-refractivity contribution in [2.45, 2.75) is 45.4 Å². The molecular formula is C18H31N5O2S. The van der Waals surface area contributed by atoms with Crippen LogP contribution in [-0.4, -0.2) is 67.9 Å². The minimum atomic E-state index is -3.11. The highest BCUT2D eigenvalue weighted by molar-refractivity contribution is 7.89. The van der Waals surface area contributed by atoms with E-state index in [2.05, 4.69) is 26.1 Å². The highest BCUT2D eigenvalue weighted by atomic mass is 32.2. The zero-order chi connectivity index (χ0) is 18.4. The van der Waals surface area contributed by atoms with Gasteiger partial charge in [0.15, 0.2) is 11.6 Å². The van der Waals surface area contributed by atoms with Crippen molar-refractivity contribution in [2.24, 2.45) is 0 Å². The van der Waals surface area contributed by atoms with Crippen molar-refractivity contribution in [2.75, 3.05) is 54.8 Å². The van der Waals surface area contributed by atoms with E-state index in [0.29, 0.717) is 26.2 Å². The van der Waals surface area contributed by atoms with Crippen LogP contribution in [0.1, 0.15) is 45.4 Å². The molecule has 0 spiro atoms. The number of unbranched alkanes of at least 4 members (excludes halogenated alkanes) is 1. The van der Waals surface area contributed by atoms with Gasteiger partial charge in [-0.05, 0) is 31.4 Å². The predicted octanol–water partition coefficient (Wildman–Crippen LogP) is 2.11. The van der Waals surface area contributed by atoms with Crippen LogP contribution in [0.25, 0.3) is 0 Å². The summed E-state index contributed by atoms with van der Waals surface area (Å²) >= 11 is 0. The number of hydrogen-bond donors (Lipinski definition) is 0. The van der Waals surface area contributed by atoms with Crippen molar-refractivity contribution in [3.8, 4) is 0 Å². The second-order valence-corrected chi connectivity index (χ2v) is 9.30. The molecule has 8 heteroatoms. The predicted molar refractivity (Wildman–Crippen MR) is 105 cm³/mol. The van der Waals surface area contributed by atoms with Crippen LogP contribution in [0.2, 0.25) is 0 Å². The van der Waals surface area contributed by atoms with Gasteiger partial charge in [-0.1, -0.05) is 26.2 Å². The summed E-state index contributed by atoms with van der Waals surface area (Å²) in [5.74, 6) is 2.05. The van der Waals surface area contributed by atoms with Gasteiger partial charge in [-0.25, -0.2) is 8.42 Å². The quantitative estimate of drug-likeness (QED) is 0.752. The average Bonchev–Trinajstić information content (AvgIpc) is 2.96. The van der Waals surface area contributed by atoms with E-state index in [1.165, 1.54) is 25.7 Å². The van der Waals surface area contributed by atoms with E-state index in [4.69, 9.17) is 0 Å². The molecule has 3 rings (SSSR count). The minimum absolute atomic E-state index is 0.258. The molecule has 146 valence electrons. The van der Waals surface area contributed by atoms with Gasteiger partial charge in [-0.3, -0.25) is 0 Å². The fourth-order valence-electron chi connectivity index (χ4n) is 3.61. The molecule has 0 aliphatic carbocycles. The molecule has 26 heavy (non-hydrogen) atoms. The summed E-state index contributed by atoms with van der Waals surface area (Å²) in [6.45, 7) is 6.53. The molecule has 7 nitrogen and oxygen atoms in total. The van der Waals surface area contributed by atoms with Gasteiger partial charge < -0.3 is 9.80 Å². The Bertz CT molecular complexity index is 649. The van der Waals surface area contributed by atoms with Crippen molar-refractivity contribution < 1.29 is 8.42 Å². The van der Waals surface area contributed by atoms with Crippen LogP contribution in [0.4, 0.5) is 11.6 Å². The lowest BCUT2D eigenvalue weighted by Crippen LogP contribution is -2.49. The lowest BCUT2D eigenvalue weighted by atomic mass is 10.2. The molecule has 2 fully saturated rings. The number of aromatic nitrogens is 2. The molecule has 0 N–H and O–H groups in total. The third-order valence-electron chi connectivity index (χ3n) is 5.28. The molecule has 0 saturated carbocycles. The smallest absolute Gasteiger partial charge is 0.214 e. The van der Waals surface area contributed by atoms with Crippen molar-refractivity contribution >= 4 is 21.7 Å². The summed E-state index contributed by atoms with van der Waals surface area (Å²) in [7, 11) is -3.11. The van der Waals surface area contributed by atoms with Gasteiger partial charge in [0.2, 0.25) is 10.0 Å². The molecule has 0 radical (unpaired) electrons. The van der Waals surface area contributed by atoms with Crippen LogP contribution < -0.4 is 9.80 Å². The van der Waals surface area contributed by atoms with Gasteiger partial charge in [0.05, 0.1) is 5.75 Å². The highest BCUT2D eigenvalue weighted by Gasteiger charge is 2.27. The van der Waals surface area contributed by atoms with Gasteiger partial charge in [0.1, 0.15) is 0 Å². The zero-order valence-electron chi connectivity index (χ0n) is 15.8. The largest absolute Gasteiger partial charge is 0.355 e. The summed E-state index contributed by atoms with van der Waals surface area (Å²) in [5.41, 5.74) is 0. The van der Waals surface area contributed by atoms with Gasteiger partial charge in [-0.2, -0.15) is 4.31 Å². The second-order valence-electron chi connectivity index (χ2n) is 7.21. The lowest BCUT2D eigenvalue weighted by Gasteiger charge is -2.34. The molecule has 0 unspecified atom stereocenters. The van der Waals surface area contributed by atoms with Crippen LogP contribution in [0, 0.1) is 0 Å². The average molecular weight is 382 g/mol. The fourth-order valence-corrected chi connectivity index (χ4v) is 5.24. The van der Waals surface area contributed by atoms with Crippen LogP contribution >= 0.6 is 0 Å². The first-order valence-corrected chi connectivity index (χ1v) is 11.5. The third-order valence-corrected chi connectivity index (χ3v) is 7.23. The minimum Gasteiger partial charge on any atom is -0.355 e. The van der Waals surface area contributed by atoms with E-state index < -0.39 is 10.0 Å². The number of piperazine rings is 1. The SMILES string of the molecule is CCCCS(=O)(=O)N1CCN(c2ccc(N3CCCCCC3)nn2)CC1.